The maximum absolute atomic E-state index is 2.80. The molecule has 0 atom stereocenters. The van der Waals surface area contributed by atoms with Crippen LogP contribution in [-0.4, -0.2) is 72.0 Å². The smallest absolute Gasteiger partial charge is 0.0246 e. The second kappa shape index (κ2) is 20.8. The van der Waals surface area contributed by atoms with Gasteiger partial charge in [0.2, 0.25) is 0 Å². The molecule has 0 amide bonds. The monoisotopic (exact) mass is 961 g/mol. The zero-order valence-electron chi connectivity index (χ0n) is 42.5. The molecule has 0 N–H and O–H groups in total. The highest BCUT2D eigenvalue weighted by Gasteiger charge is 2.22. The third kappa shape index (κ3) is 9.40. The Hall–Kier alpha value is -7.44. The van der Waals surface area contributed by atoms with E-state index in [0.717, 1.165) is 91.4 Å². The third-order valence-electron chi connectivity index (χ3n) is 16.4. The van der Waals surface area contributed by atoms with Gasteiger partial charge in [-0.05, 0) is 172 Å². The van der Waals surface area contributed by atoms with Gasteiger partial charge in [-0.25, -0.2) is 0 Å². The SMILES string of the molecule is c1ccc2c(CN3CCCN(Cc4c5ccccc5cc5ccccc45)CCN(Cc4c5ccccc5cc5ccccc45)CCCN(Cc4c5ccccc5cc5ccccc45)CC3)c3ccccc3cc2c1. The van der Waals surface area contributed by atoms with Gasteiger partial charge in [0.1, 0.15) is 0 Å². The van der Waals surface area contributed by atoms with Crippen LogP contribution in [0.25, 0.3) is 86.2 Å². The van der Waals surface area contributed by atoms with Crippen LogP contribution in [0, 0.1) is 0 Å². The van der Waals surface area contributed by atoms with E-state index < -0.39 is 0 Å². The number of hydrogen-bond acceptors (Lipinski definition) is 4. The molecule has 4 heteroatoms. The molecule has 1 fully saturated rings. The molecule has 0 aromatic heterocycles. The van der Waals surface area contributed by atoms with Crippen LogP contribution in [0.5, 0.6) is 0 Å². The molecule has 0 bridgehead atoms. The molecule has 74 heavy (non-hydrogen) atoms. The average Bonchev–Trinajstić information content (AvgIpc) is 3.44. The second-order valence-electron chi connectivity index (χ2n) is 21.0. The fourth-order valence-corrected chi connectivity index (χ4v) is 12.7. The first-order valence-electron chi connectivity index (χ1n) is 27.1. The van der Waals surface area contributed by atoms with E-state index in [2.05, 4.69) is 238 Å². The minimum atomic E-state index is 0.910. The normalized spacial score (nSPS) is 15.6. The molecule has 0 aliphatic carbocycles. The topological polar surface area (TPSA) is 13.0 Å². The Bertz CT molecular complexity index is 3260. The second-order valence-corrected chi connectivity index (χ2v) is 21.0. The molecule has 13 rings (SSSR count). The summed E-state index contributed by atoms with van der Waals surface area (Å²) in [5.41, 5.74) is 5.79. The van der Waals surface area contributed by atoms with Crippen molar-refractivity contribution in [1.29, 1.82) is 0 Å². The van der Waals surface area contributed by atoms with Gasteiger partial charge in [-0.2, -0.15) is 0 Å². The lowest BCUT2D eigenvalue weighted by molar-refractivity contribution is 0.149. The van der Waals surface area contributed by atoms with Crippen molar-refractivity contribution in [2.45, 2.75) is 39.0 Å². The highest BCUT2D eigenvalue weighted by molar-refractivity contribution is 6.05. The maximum Gasteiger partial charge on any atom is 0.0246 e. The summed E-state index contributed by atoms with van der Waals surface area (Å²) in [5, 5.41) is 21.5. The molecule has 12 aromatic carbocycles. The third-order valence-corrected chi connectivity index (χ3v) is 16.4. The van der Waals surface area contributed by atoms with Gasteiger partial charge in [-0.3, -0.25) is 19.6 Å². The van der Waals surface area contributed by atoms with Crippen LogP contribution < -0.4 is 0 Å². The molecule has 1 saturated heterocycles. The number of nitrogens with zero attached hydrogens (tertiary/aromatic N) is 4. The van der Waals surface area contributed by atoms with Crippen LogP contribution in [-0.2, 0) is 26.2 Å². The lowest BCUT2D eigenvalue weighted by Gasteiger charge is -2.33. The fraction of sp³-hybridized carbons (Fsp3) is 0.200. The molecule has 0 radical (unpaired) electrons. The van der Waals surface area contributed by atoms with Crippen molar-refractivity contribution in [1.82, 2.24) is 19.6 Å². The van der Waals surface area contributed by atoms with Crippen molar-refractivity contribution in [2.24, 2.45) is 0 Å². The quantitative estimate of drug-likeness (QED) is 0.141. The summed E-state index contributed by atoms with van der Waals surface area (Å²) in [7, 11) is 0. The molecular formula is C70H64N4. The number of rotatable bonds is 8. The molecule has 364 valence electrons. The zero-order chi connectivity index (χ0) is 49.2. The molecule has 0 spiro atoms. The van der Waals surface area contributed by atoms with Gasteiger partial charge >= 0.3 is 0 Å². The van der Waals surface area contributed by atoms with Gasteiger partial charge in [0.15, 0.2) is 0 Å². The van der Waals surface area contributed by atoms with E-state index in [1.807, 2.05) is 0 Å². The van der Waals surface area contributed by atoms with Crippen LogP contribution >= 0.6 is 0 Å². The zero-order valence-corrected chi connectivity index (χ0v) is 42.5. The van der Waals surface area contributed by atoms with Crippen molar-refractivity contribution >= 4 is 86.2 Å². The van der Waals surface area contributed by atoms with Crippen molar-refractivity contribution in [2.75, 3.05) is 52.4 Å². The van der Waals surface area contributed by atoms with Crippen LogP contribution in [0.2, 0.25) is 0 Å². The van der Waals surface area contributed by atoms with E-state index in [1.54, 1.807) is 0 Å². The first kappa shape index (κ1) is 46.4. The first-order valence-corrected chi connectivity index (χ1v) is 27.1. The van der Waals surface area contributed by atoms with E-state index in [9.17, 15) is 0 Å². The summed E-state index contributed by atoms with van der Waals surface area (Å²) >= 11 is 0. The summed E-state index contributed by atoms with van der Waals surface area (Å²) in [6.07, 6.45) is 2.15. The Kier molecular flexibility index (Phi) is 13.0. The van der Waals surface area contributed by atoms with E-state index in [4.69, 9.17) is 0 Å². The predicted molar refractivity (Wildman–Crippen MR) is 316 cm³/mol. The number of benzene rings is 12. The van der Waals surface area contributed by atoms with Gasteiger partial charge in [-0.1, -0.05) is 194 Å². The predicted octanol–water partition coefficient (Wildman–Crippen LogP) is 16.0. The fourth-order valence-electron chi connectivity index (χ4n) is 12.7. The van der Waals surface area contributed by atoms with Crippen molar-refractivity contribution in [3.8, 4) is 0 Å². The first-order chi connectivity index (χ1) is 36.7. The van der Waals surface area contributed by atoms with Gasteiger partial charge in [0.25, 0.3) is 0 Å². The lowest BCUT2D eigenvalue weighted by Crippen LogP contribution is -2.40. The van der Waals surface area contributed by atoms with Crippen LogP contribution in [0.1, 0.15) is 35.1 Å². The minimum absolute atomic E-state index is 0.910. The molecule has 1 aliphatic rings. The number of fused-ring (bicyclic) bond motifs is 8. The highest BCUT2D eigenvalue weighted by atomic mass is 15.2. The van der Waals surface area contributed by atoms with E-state index >= 15 is 0 Å². The summed E-state index contributed by atoms with van der Waals surface area (Å²) in [4.78, 5) is 11.2. The Labute approximate surface area is 435 Å². The van der Waals surface area contributed by atoms with E-state index in [-0.39, 0.29) is 0 Å². The molecule has 0 saturated carbocycles. The lowest BCUT2D eigenvalue weighted by atomic mass is 9.96. The summed E-state index contributed by atoms with van der Waals surface area (Å²) in [6, 6.07) is 82.0. The Morgan fingerprint density at radius 1 is 0.203 bits per heavy atom. The molecule has 4 nitrogen and oxygen atoms in total. The van der Waals surface area contributed by atoms with Crippen LogP contribution in [0.15, 0.2) is 218 Å². The molecule has 0 unspecified atom stereocenters. The largest absolute Gasteiger partial charge is 0.298 e. The van der Waals surface area contributed by atoms with Gasteiger partial charge in [0, 0.05) is 52.4 Å². The molecule has 12 aromatic rings. The molecule has 1 aliphatic heterocycles. The van der Waals surface area contributed by atoms with Crippen molar-refractivity contribution in [3.05, 3.63) is 241 Å². The Balaban J connectivity index is 0.893. The highest BCUT2D eigenvalue weighted by Crippen LogP contribution is 2.35. The summed E-state index contributed by atoms with van der Waals surface area (Å²) in [6.45, 7) is 11.6. The minimum Gasteiger partial charge on any atom is -0.298 e. The summed E-state index contributed by atoms with van der Waals surface area (Å²) in [5.74, 6) is 0. The van der Waals surface area contributed by atoms with Crippen LogP contribution in [0.3, 0.4) is 0 Å². The average molecular weight is 961 g/mol. The maximum atomic E-state index is 2.80. The van der Waals surface area contributed by atoms with Gasteiger partial charge in [-0.15, -0.1) is 0 Å². The standard InChI is InChI=1S/C70H64N4/c1-9-27-59-51(19-1)43-52-20-2-10-28-60(52)67(59)47-71-35-17-36-73(49-69-63-31-13-5-23-55(63)45-56-24-6-14-32-64(56)69)41-42-74(50-70-65-33-15-7-25-57(65)46-58-26-8-16-34-66(58)70)38-18-37-72(40-39-71)48-68-61-29-11-3-21-53(61)44-54-22-4-12-30-62(54)68/h1-16,19-34,43-46H,17-18,35-42,47-50H2. The van der Waals surface area contributed by atoms with Crippen molar-refractivity contribution in [3.63, 3.8) is 0 Å². The van der Waals surface area contributed by atoms with Crippen LogP contribution in [0.4, 0.5) is 0 Å². The molecular weight excluding hydrogens is 897 g/mol. The summed E-state index contributed by atoms with van der Waals surface area (Å²) < 4.78 is 0. The van der Waals surface area contributed by atoms with Gasteiger partial charge < -0.3 is 0 Å². The van der Waals surface area contributed by atoms with E-state index in [0.29, 0.717) is 0 Å². The van der Waals surface area contributed by atoms with E-state index in [1.165, 1.54) is 108 Å². The Morgan fingerprint density at radius 2 is 0.365 bits per heavy atom. The van der Waals surface area contributed by atoms with Gasteiger partial charge in [0.05, 0.1) is 0 Å². The molecule has 1 heterocycles. The van der Waals surface area contributed by atoms with Crippen molar-refractivity contribution < 1.29 is 0 Å². The number of hydrogen-bond donors (Lipinski definition) is 0. The Morgan fingerprint density at radius 3 is 0.541 bits per heavy atom.